The lowest BCUT2D eigenvalue weighted by Crippen LogP contribution is -1.90. The third-order valence-corrected chi connectivity index (χ3v) is 2.17. The second-order valence-electron chi connectivity index (χ2n) is 3.19. The van der Waals surface area contributed by atoms with Gasteiger partial charge in [-0.15, -0.1) is 0 Å². The molecule has 0 heterocycles. The van der Waals surface area contributed by atoms with Crippen LogP contribution >= 0.6 is 12.6 Å². The molecule has 0 spiro atoms. The number of hydrogen-bond donors (Lipinski definition) is 1. The minimum absolute atomic E-state index is 0.195. The van der Waals surface area contributed by atoms with E-state index in [0.29, 0.717) is 0 Å². The smallest absolute Gasteiger partial charge is 0.123 e. The standard InChI is InChI=1S/C12H13FS/c1-9-7-11(13)8-10(2)12(9)5-3-4-6-14/h7-8,14H,4,6H2,1-2H3. The van der Waals surface area contributed by atoms with Crippen LogP contribution in [0, 0.1) is 31.5 Å². The van der Waals surface area contributed by atoms with Crippen LogP contribution < -0.4 is 0 Å². The minimum Gasteiger partial charge on any atom is -0.207 e. The van der Waals surface area contributed by atoms with E-state index in [1.807, 2.05) is 13.8 Å². The van der Waals surface area contributed by atoms with E-state index in [2.05, 4.69) is 24.5 Å². The van der Waals surface area contributed by atoms with Crippen molar-refractivity contribution in [1.82, 2.24) is 0 Å². The Bertz CT molecular complexity index is 362. The Balaban J connectivity index is 3.04. The molecule has 0 aromatic heterocycles. The summed E-state index contributed by atoms with van der Waals surface area (Å²) in [6, 6.07) is 3.02. The number of halogens is 1. The molecule has 1 rings (SSSR count). The lowest BCUT2D eigenvalue weighted by molar-refractivity contribution is 0.625. The summed E-state index contributed by atoms with van der Waals surface area (Å²) < 4.78 is 12.9. The quantitative estimate of drug-likeness (QED) is 0.532. The molecule has 1 aromatic carbocycles. The summed E-state index contributed by atoms with van der Waals surface area (Å²) in [5.74, 6) is 6.61. The number of hydrogen-bond acceptors (Lipinski definition) is 1. The van der Waals surface area contributed by atoms with Crippen LogP contribution in [0.5, 0.6) is 0 Å². The van der Waals surface area contributed by atoms with Gasteiger partial charge in [-0.1, -0.05) is 11.8 Å². The second kappa shape index (κ2) is 5.07. The molecule has 74 valence electrons. The van der Waals surface area contributed by atoms with Gasteiger partial charge in [-0.05, 0) is 37.1 Å². The Morgan fingerprint density at radius 1 is 1.29 bits per heavy atom. The van der Waals surface area contributed by atoms with Gasteiger partial charge in [-0.25, -0.2) is 4.39 Å². The number of rotatable bonds is 1. The van der Waals surface area contributed by atoms with E-state index in [1.165, 1.54) is 12.1 Å². The summed E-state index contributed by atoms with van der Waals surface area (Å²) in [4.78, 5) is 0. The van der Waals surface area contributed by atoms with E-state index in [9.17, 15) is 4.39 Å². The van der Waals surface area contributed by atoms with Crippen LogP contribution in [0.4, 0.5) is 4.39 Å². The molecule has 0 radical (unpaired) electrons. The first-order valence-electron chi connectivity index (χ1n) is 4.51. The maximum absolute atomic E-state index is 12.9. The van der Waals surface area contributed by atoms with Gasteiger partial charge in [0.1, 0.15) is 5.82 Å². The molecular weight excluding hydrogens is 195 g/mol. The molecule has 0 unspecified atom stereocenters. The van der Waals surface area contributed by atoms with Crippen LogP contribution in [-0.4, -0.2) is 5.75 Å². The molecule has 2 heteroatoms. The van der Waals surface area contributed by atoms with Gasteiger partial charge in [0.05, 0.1) is 0 Å². The number of benzene rings is 1. The monoisotopic (exact) mass is 208 g/mol. The topological polar surface area (TPSA) is 0 Å². The largest absolute Gasteiger partial charge is 0.207 e. The zero-order valence-electron chi connectivity index (χ0n) is 8.39. The normalized spacial score (nSPS) is 9.43. The van der Waals surface area contributed by atoms with Gasteiger partial charge in [0.25, 0.3) is 0 Å². The van der Waals surface area contributed by atoms with E-state index in [-0.39, 0.29) is 5.82 Å². The lowest BCUT2D eigenvalue weighted by atomic mass is 10.0. The fraction of sp³-hybridized carbons (Fsp3) is 0.333. The summed E-state index contributed by atoms with van der Waals surface area (Å²) in [6.45, 7) is 3.75. The average Bonchev–Trinajstić information content (AvgIpc) is 2.09. The van der Waals surface area contributed by atoms with Crippen molar-refractivity contribution in [1.29, 1.82) is 0 Å². The molecule has 14 heavy (non-hydrogen) atoms. The van der Waals surface area contributed by atoms with Crippen molar-refractivity contribution in [3.8, 4) is 11.8 Å². The molecule has 0 amide bonds. The Morgan fingerprint density at radius 2 is 1.86 bits per heavy atom. The van der Waals surface area contributed by atoms with Gasteiger partial charge in [0, 0.05) is 17.7 Å². The summed E-state index contributed by atoms with van der Waals surface area (Å²) in [7, 11) is 0. The average molecular weight is 208 g/mol. The van der Waals surface area contributed by atoms with Crippen molar-refractivity contribution in [3.63, 3.8) is 0 Å². The minimum atomic E-state index is -0.195. The lowest BCUT2D eigenvalue weighted by Gasteiger charge is -2.02. The molecule has 0 saturated heterocycles. The van der Waals surface area contributed by atoms with E-state index < -0.39 is 0 Å². The van der Waals surface area contributed by atoms with Crippen molar-refractivity contribution in [2.24, 2.45) is 0 Å². The van der Waals surface area contributed by atoms with E-state index in [0.717, 1.165) is 28.9 Å². The Kier molecular flexibility index (Phi) is 4.03. The van der Waals surface area contributed by atoms with Gasteiger partial charge >= 0.3 is 0 Å². The van der Waals surface area contributed by atoms with Gasteiger partial charge in [0.2, 0.25) is 0 Å². The molecule has 0 bridgehead atoms. The molecule has 0 saturated carbocycles. The highest BCUT2D eigenvalue weighted by Crippen LogP contribution is 2.14. The number of aryl methyl sites for hydroxylation is 2. The zero-order chi connectivity index (χ0) is 10.6. The van der Waals surface area contributed by atoms with Crippen LogP contribution in [0.2, 0.25) is 0 Å². The Morgan fingerprint density at radius 3 is 2.36 bits per heavy atom. The van der Waals surface area contributed by atoms with E-state index >= 15 is 0 Å². The second-order valence-corrected chi connectivity index (χ2v) is 3.64. The summed E-state index contributed by atoms with van der Waals surface area (Å²) >= 11 is 4.07. The molecule has 0 atom stereocenters. The van der Waals surface area contributed by atoms with Gasteiger partial charge in [-0.3, -0.25) is 0 Å². The van der Waals surface area contributed by atoms with Crippen molar-refractivity contribution in [3.05, 3.63) is 34.6 Å². The highest BCUT2D eigenvalue weighted by atomic mass is 32.1. The first-order chi connectivity index (χ1) is 6.65. The third kappa shape index (κ3) is 2.78. The molecule has 0 aliphatic carbocycles. The Labute approximate surface area is 89.9 Å². The maximum atomic E-state index is 12.9. The third-order valence-electron chi connectivity index (χ3n) is 1.95. The SMILES string of the molecule is Cc1cc(F)cc(C)c1C#CCCS. The predicted octanol–water partition coefficient (Wildman–Crippen LogP) is 3.11. The van der Waals surface area contributed by atoms with Gasteiger partial charge < -0.3 is 0 Å². The highest BCUT2D eigenvalue weighted by Gasteiger charge is 2.01. The molecule has 0 aliphatic heterocycles. The number of thiol groups is 1. The van der Waals surface area contributed by atoms with Crippen LogP contribution in [0.1, 0.15) is 23.1 Å². The zero-order valence-corrected chi connectivity index (χ0v) is 9.29. The van der Waals surface area contributed by atoms with Crippen molar-refractivity contribution >= 4 is 12.6 Å². The molecule has 0 aliphatic rings. The fourth-order valence-corrected chi connectivity index (χ4v) is 1.43. The maximum Gasteiger partial charge on any atom is 0.123 e. The molecule has 0 fully saturated rings. The van der Waals surface area contributed by atoms with Gasteiger partial charge in [0.15, 0.2) is 0 Å². The van der Waals surface area contributed by atoms with Crippen LogP contribution in [0.15, 0.2) is 12.1 Å². The summed E-state index contributed by atoms with van der Waals surface area (Å²) in [5.41, 5.74) is 2.73. The van der Waals surface area contributed by atoms with Crippen molar-refractivity contribution in [2.75, 3.05) is 5.75 Å². The first kappa shape index (κ1) is 11.1. The van der Waals surface area contributed by atoms with Crippen molar-refractivity contribution in [2.45, 2.75) is 20.3 Å². The molecule has 0 nitrogen and oxygen atoms in total. The van der Waals surface area contributed by atoms with Crippen LogP contribution in [0.25, 0.3) is 0 Å². The fourth-order valence-electron chi connectivity index (χ4n) is 1.31. The molecular formula is C12H13FS. The Hall–Kier alpha value is -0.940. The highest BCUT2D eigenvalue weighted by molar-refractivity contribution is 7.80. The van der Waals surface area contributed by atoms with Crippen LogP contribution in [-0.2, 0) is 0 Å². The van der Waals surface area contributed by atoms with E-state index in [1.54, 1.807) is 0 Å². The first-order valence-corrected chi connectivity index (χ1v) is 5.15. The molecule has 0 N–H and O–H groups in total. The predicted molar refractivity (Wildman–Crippen MR) is 61.2 cm³/mol. The van der Waals surface area contributed by atoms with Crippen LogP contribution in [0.3, 0.4) is 0 Å². The summed E-state index contributed by atoms with van der Waals surface area (Å²) in [6.07, 6.45) is 0.763. The van der Waals surface area contributed by atoms with Crippen molar-refractivity contribution < 1.29 is 4.39 Å². The molecule has 1 aromatic rings. The van der Waals surface area contributed by atoms with Gasteiger partial charge in [-0.2, -0.15) is 12.6 Å². The summed E-state index contributed by atoms with van der Waals surface area (Å²) in [5, 5.41) is 0. The van der Waals surface area contributed by atoms with E-state index in [4.69, 9.17) is 0 Å².